The minimum absolute atomic E-state index is 0.236. The molecule has 4 aromatic rings. The molecule has 0 saturated carbocycles. The molecule has 24 heavy (non-hydrogen) atoms. The number of nitrogens with zero attached hydrogens (tertiary/aromatic N) is 2. The van der Waals surface area contributed by atoms with E-state index in [1.807, 2.05) is 23.7 Å². The molecular formula is C17H13N3O2S2. The Morgan fingerprint density at radius 3 is 2.67 bits per heavy atom. The molecule has 2 heterocycles. The fourth-order valence-electron chi connectivity index (χ4n) is 2.63. The molecule has 0 saturated heterocycles. The zero-order valence-corrected chi connectivity index (χ0v) is 14.4. The number of hydrogen-bond acceptors (Lipinski definition) is 6. The van der Waals surface area contributed by atoms with E-state index in [4.69, 9.17) is 5.73 Å². The number of benzene rings is 2. The zero-order valence-electron chi connectivity index (χ0n) is 12.7. The van der Waals surface area contributed by atoms with Crippen LogP contribution in [0.3, 0.4) is 0 Å². The Bertz CT molecular complexity index is 1200. The number of rotatable bonds is 2. The van der Waals surface area contributed by atoms with E-state index in [1.165, 1.54) is 6.26 Å². The average molecular weight is 355 g/mol. The molecule has 0 spiro atoms. The third kappa shape index (κ3) is 2.51. The first kappa shape index (κ1) is 15.0. The van der Waals surface area contributed by atoms with Gasteiger partial charge in [0.15, 0.2) is 9.84 Å². The van der Waals surface area contributed by atoms with Gasteiger partial charge in [-0.2, -0.15) is 0 Å². The van der Waals surface area contributed by atoms with Crippen LogP contribution in [0.5, 0.6) is 0 Å². The van der Waals surface area contributed by atoms with Crippen LogP contribution >= 0.6 is 11.3 Å². The van der Waals surface area contributed by atoms with Gasteiger partial charge in [0.05, 0.1) is 31.8 Å². The Labute approximate surface area is 142 Å². The van der Waals surface area contributed by atoms with E-state index in [9.17, 15) is 8.42 Å². The highest BCUT2D eigenvalue weighted by atomic mass is 32.2. The highest BCUT2D eigenvalue weighted by Gasteiger charge is 2.12. The van der Waals surface area contributed by atoms with Crippen LogP contribution in [0.1, 0.15) is 0 Å². The van der Waals surface area contributed by atoms with Gasteiger partial charge in [-0.3, -0.25) is 0 Å². The van der Waals surface area contributed by atoms with Gasteiger partial charge in [-0.25, -0.2) is 18.4 Å². The minimum Gasteiger partial charge on any atom is -0.398 e. The lowest BCUT2D eigenvalue weighted by atomic mass is 10.1. The van der Waals surface area contributed by atoms with Crippen LogP contribution in [-0.4, -0.2) is 24.6 Å². The van der Waals surface area contributed by atoms with Crippen molar-refractivity contribution in [1.82, 2.24) is 9.97 Å². The first-order valence-corrected chi connectivity index (χ1v) is 9.93. The molecule has 4 rings (SSSR count). The molecule has 0 aliphatic heterocycles. The summed E-state index contributed by atoms with van der Waals surface area (Å²) in [6.45, 7) is 0. The minimum atomic E-state index is -3.28. The van der Waals surface area contributed by atoms with Gasteiger partial charge in [-0.1, -0.05) is 6.07 Å². The second-order valence-corrected chi connectivity index (χ2v) is 8.48. The predicted octanol–water partition coefficient (Wildman–Crippen LogP) is 3.50. The summed E-state index contributed by atoms with van der Waals surface area (Å²) < 4.78 is 24.5. The zero-order chi connectivity index (χ0) is 16.9. The molecule has 2 aromatic heterocycles. The van der Waals surface area contributed by atoms with E-state index in [0.29, 0.717) is 16.6 Å². The summed E-state index contributed by atoms with van der Waals surface area (Å²) in [6, 6.07) is 12.5. The third-order valence-electron chi connectivity index (χ3n) is 3.87. The van der Waals surface area contributed by atoms with Gasteiger partial charge in [-0.15, -0.1) is 11.3 Å². The topological polar surface area (TPSA) is 85.9 Å². The Kier molecular flexibility index (Phi) is 3.29. The molecule has 0 aliphatic carbocycles. The summed E-state index contributed by atoms with van der Waals surface area (Å²) in [6.07, 6.45) is 1.18. The third-order valence-corrected chi connectivity index (χ3v) is 5.79. The maximum absolute atomic E-state index is 11.7. The molecule has 2 N–H and O–H groups in total. The normalized spacial score (nSPS) is 12.0. The SMILES string of the molecule is CS(=O)(=O)c1ccc2nc(-c3ccc4scnc4c3)cc(N)c2c1. The Balaban J connectivity index is 1.91. The molecule has 2 aromatic carbocycles. The summed E-state index contributed by atoms with van der Waals surface area (Å²) in [5, 5.41) is 0.636. The summed E-state index contributed by atoms with van der Waals surface area (Å²) >= 11 is 1.59. The van der Waals surface area contributed by atoms with Gasteiger partial charge in [0.1, 0.15) is 0 Å². The van der Waals surface area contributed by atoms with E-state index in [-0.39, 0.29) is 4.90 Å². The van der Waals surface area contributed by atoms with Crippen LogP contribution in [-0.2, 0) is 9.84 Å². The molecule has 0 aliphatic rings. The summed E-state index contributed by atoms with van der Waals surface area (Å²) in [7, 11) is -3.28. The molecule has 0 amide bonds. The molecule has 0 atom stereocenters. The molecule has 0 bridgehead atoms. The number of hydrogen-bond donors (Lipinski definition) is 1. The van der Waals surface area contributed by atoms with Crippen molar-refractivity contribution in [2.24, 2.45) is 0 Å². The van der Waals surface area contributed by atoms with Gasteiger partial charge in [-0.05, 0) is 36.4 Å². The van der Waals surface area contributed by atoms with E-state index in [2.05, 4.69) is 9.97 Å². The van der Waals surface area contributed by atoms with Crippen molar-refractivity contribution < 1.29 is 8.42 Å². The number of nitrogen functional groups attached to an aromatic ring is 1. The van der Waals surface area contributed by atoms with Crippen molar-refractivity contribution in [1.29, 1.82) is 0 Å². The second kappa shape index (κ2) is 5.25. The number of aromatic nitrogens is 2. The van der Waals surface area contributed by atoms with Gasteiger partial charge < -0.3 is 5.73 Å². The van der Waals surface area contributed by atoms with Crippen molar-refractivity contribution in [3.05, 3.63) is 48.0 Å². The molecule has 0 radical (unpaired) electrons. The summed E-state index contributed by atoms with van der Waals surface area (Å²) in [4.78, 5) is 9.18. The molecule has 0 fully saturated rings. The smallest absolute Gasteiger partial charge is 0.175 e. The number of sulfone groups is 1. The average Bonchev–Trinajstić information content (AvgIpc) is 3.01. The first-order valence-electron chi connectivity index (χ1n) is 7.16. The maximum atomic E-state index is 11.7. The Hall–Kier alpha value is -2.51. The quantitative estimate of drug-likeness (QED) is 0.595. The van der Waals surface area contributed by atoms with Crippen LogP contribution < -0.4 is 5.73 Å². The van der Waals surface area contributed by atoms with E-state index in [1.54, 1.807) is 35.6 Å². The van der Waals surface area contributed by atoms with Gasteiger partial charge in [0.25, 0.3) is 0 Å². The Morgan fingerprint density at radius 2 is 1.88 bits per heavy atom. The van der Waals surface area contributed by atoms with Gasteiger partial charge >= 0.3 is 0 Å². The first-order chi connectivity index (χ1) is 11.4. The number of anilines is 1. The number of nitrogens with two attached hydrogens (primary N) is 1. The molecule has 120 valence electrons. The van der Waals surface area contributed by atoms with Crippen molar-refractivity contribution in [2.45, 2.75) is 4.90 Å². The highest BCUT2D eigenvalue weighted by molar-refractivity contribution is 7.90. The van der Waals surface area contributed by atoms with Crippen molar-refractivity contribution in [3.8, 4) is 11.3 Å². The lowest BCUT2D eigenvalue weighted by molar-refractivity contribution is 0.602. The number of fused-ring (bicyclic) bond motifs is 2. The molecule has 7 heteroatoms. The number of thiazole rings is 1. The van der Waals surface area contributed by atoms with E-state index in [0.717, 1.165) is 21.5 Å². The molecule has 0 unspecified atom stereocenters. The monoisotopic (exact) mass is 355 g/mol. The van der Waals surface area contributed by atoms with Crippen molar-refractivity contribution in [3.63, 3.8) is 0 Å². The standard InChI is InChI=1S/C17H13N3O2S2/c1-24(21,22)11-3-4-14-12(7-11)13(18)8-15(20-14)10-2-5-17-16(6-10)19-9-23-17/h2-9H,1H3,(H2,18,20). The van der Waals surface area contributed by atoms with Crippen LogP contribution in [0, 0.1) is 0 Å². The largest absolute Gasteiger partial charge is 0.398 e. The second-order valence-electron chi connectivity index (χ2n) is 5.58. The molecule has 5 nitrogen and oxygen atoms in total. The van der Waals surface area contributed by atoms with Crippen LogP contribution in [0.25, 0.3) is 32.4 Å². The predicted molar refractivity (Wildman–Crippen MR) is 97.9 cm³/mol. The summed E-state index contributed by atoms with van der Waals surface area (Å²) in [5.74, 6) is 0. The van der Waals surface area contributed by atoms with Crippen molar-refractivity contribution in [2.75, 3.05) is 12.0 Å². The van der Waals surface area contributed by atoms with Crippen molar-refractivity contribution >= 4 is 48.0 Å². The Morgan fingerprint density at radius 1 is 1.04 bits per heavy atom. The molecular weight excluding hydrogens is 342 g/mol. The lowest BCUT2D eigenvalue weighted by Crippen LogP contribution is -1.99. The van der Waals surface area contributed by atoms with E-state index < -0.39 is 9.84 Å². The highest BCUT2D eigenvalue weighted by Crippen LogP contribution is 2.30. The maximum Gasteiger partial charge on any atom is 0.175 e. The fourth-order valence-corrected chi connectivity index (χ4v) is 3.93. The summed E-state index contributed by atoms with van der Waals surface area (Å²) in [5.41, 5.74) is 11.7. The fraction of sp³-hybridized carbons (Fsp3) is 0.0588. The van der Waals surface area contributed by atoms with Crippen LogP contribution in [0.2, 0.25) is 0 Å². The lowest BCUT2D eigenvalue weighted by Gasteiger charge is -2.08. The van der Waals surface area contributed by atoms with Crippen LogP contribution in [0.15, 0.2) is 52.9 Å². The van der Waals surface area contributed by atoms with Gasteiger partial charge in [0, 0.05) is 22.9 Å². The van der Waals surface area contributed by atoms with Gasteiger partial charge in [0.2, 0.25) is 0 Å². The van der Waals surface area contributed by atoms with Crippen LogP contribution in [0.4, 0.5) is 5.69 Å². The number of pyridine rings is 1. The van der Waals surface area contributed by atoms with E-state index >= 15 is 0 Å².